The van der Waals surface area contributed by atoms with Crippen molar-refractivity contribution < 1.29 is 9.53 Å². The SMILES string of the molecule is CCc1ccccc1-n1c(SCC(=O)N[C@H](C)CC)nnc1N1CCOCC1. The highest BCUT2D eigenvalue weighted by Crippen LogP contribution is 2.29. The van der Waals surface area contributed by atoms with E-state index in [1.165, 1.54) is 17.3 Å². The Morgan fingerprint density at radius 2 is 2.00 bits per heavy atom. The molecular weight excluding hydrogens is 374 g/mol. The van der Waals surface area contributed by atoms with Crippen LogP contribution < -0.4 is 10.2 Å². The third-order valence-corrected chi connectivity index (χ3v) is 5.80. The molecule has 7 nitrogen and oxygen atoms in total. The molecular formula is C20H29N5O2S. The molecule has 1 amide bonds. The van der Waals surface area contributed by atoms with Gasteiger partial charge in [-0.1, -0.05) is 43.8 Å². The summed E-state index contributed by atoms with van der Waals surface area (Å²) in [6.45, 7) is 9.15. The number of thioether (sulfide) groups is 1. The van der Waals surface area contributed by atoms with Gasteiger partial charge in [0.2, 0.25) is 11.9 Å². The molecule has 8 heteroatoms. The zero-order valence-electron chi connectivity index (χ0n) is 16.9. The number of hydrogen-bond acceptors (Lipinski definition) is 6. The molecule has 3 rings (SSSR count). The Balaban J connectivity index is 1.89. The van der Waals surface area contributed by atoms with E-state index in [0.29, 0.717) is 19.0 Å². The summed E-state index contributed by atoms with van der Waals surface area (Å²) in [7, 11) is 0. The van der Waals surface area contributed by atoms with Gasteiger partial charge in [0.05, 0.1) is 24.7 Å². The van der Waals surface area contributed by atoms with Gasteiger partial charge in [0.1, 0.15) is 0 Å². The van der Waals surface area contributed by atoms with Crippen molar-refractivity contribution in [1.82, 2.24) is 20.1 Å². The van der Waals surface area contributed by atoms with Crippen LogP contribution in [-0.2, 0) is 16.0 Å². The summed E-state index contributed by atoms with van der Waals surface area (Å²) in [6.07, 6.45) is 1.83. The summed E-state index contributed by atoms with van der Waals surface area (Å²) in [5, 5.41) is 12.7. The van der Waals surface area contributed by atoms with Crippen molar-refractivity contribution in [3.8, 4) is 5.69 Å². The Hall–Kier alpha value is -2.06. The van der Waals surface area contributed by atoms with Crippen LogP contribution in [-0.4, -0.2) is 58.8 Å². The number of morpholine rings is 1. The first kappa shape index (κ1) is 20.7. The lowest BCUT2D eigenvalue weighted by atomic mass is 10.1. The van der Waals surface area contributed by atoms with Gasteiger partial charge in [-0.15, -0.1) is 10.2 Å². The van der Waals surface area contributed by atoms with E-state index in [1.807, 2.05) is 19.1 Å². The molecule has 1 aromatic heterocycles. The number of aromatic nitrogens is 3. The smallest absolute Gasteiger partial charge is 0.232 e. The first-order valence-corrected chi connectivity index (χ1v) is 10.9. The van der Waals surface area contributed by atoms with Crippen molar-refractivity contribution in [1.29, 1.82) is 0 Å². The summed E-state index contributed by atoms with van der Waals surface area (Å²) in [5.41, 5.74) is 2.30. The second-order valence-corrected chi connectivity index (χ2v) is 7.81. The minimum absolute atomic E-state index is 0.0191. The van der Waals surface area contributed by atoms with E-state index in [2.05, 4.69) is 51.0 Å². The Kier molecular flexibility index (Phi) is 7.33. The third kappa shape index (κ3) is 4.86. The molecule has 0 saturated carbocycles. The summed E-state index contributed by atoms with van der Waals surface area (Å²) in [4.78, 5) is 14.4. The van der Waals surface area contributed by atoms with Gasteiger partial charge < -0.3 is 15.0 Å². The molecule has 0 bridgehead atoms. The summed E-state index contributed by atoms with van der Waals surface area (Å²) >= 11 is 1.43. The van der Waals surface area contributed by atoms with Gasteiger partial charge in [0.25, 0.3) is 0 Å². The fourth-order valence-corrected chi connectivity index (χ4v) is 3.86. The summed E-state index contributed by atoms with van der Waals surface area (Å²) in [5.74, 6) is 1.15. The molecule has 0 radical (unpaired) electrons. The first-order chi connectivity index (χ1) is 13.6. The predicted molar refractivity (Wildman–Crippen MR) is 112 cm³/mol. The van der Waals surface area contributed by atoms with Crippen molar-refractivity contribution in [3.63, 3.8) is 0 Å². The van der Waals surface area contributed by atoms with Crippen LogP contribution in [0.25, 0.3) is 5.69 Å². The largest absolute Gasteiger partial charge is 0.378 e. The molecule has 1 saturated heterocycles. The zero-order chi connectivity index (χ0) is 19.9. The average Bonchev–Trinajstić information content (AvgIpc) is 3.16. The van der Waals surface area contributed by atoms with Gasteiger partial charge in [-0.2, -0.15) is 0 Å². The van der Waals surface area contributed by atoms with Gasteiger partial charge in [0.15, 0.2) is 5.16 Å². The molecule has 2 aromatic rings. The number of benzene rings is 1. The van der Waals surface area contributed by atoms with Gasteiger partial charge in [0, 0.05) is 19.1 Å². The zero-order valence-corrected chi connectivity index (χ0v) is 17.7. The monoisotopic (exact) mass is 403 g/mol. The van der Waals surface area contributed by atoms with Crippen molar-refractivity contribution in [3.05, 3.63) is 29.8 Å². The second kappa shape index (κ2) is 9.93. The topological polar surface area (TPSA) is 72.3 Å². The number of carbonyl (C=O) groups is 1. The molecule has 152 valence electrons. The number of ether oxygens (including phenoxy) is 1. The molecule has 1 fully saturated rings. The Labute approximate surface area is 170 Å². The predicted octanol–water partition coefficient (Wildman–Crippen LogP) is 2.67. The fraction of sp³-hybridized carbons (Fsp3) is 0.550. The van der Waals surface area contributed by atoms with Gasteiger partial charge in [-0.05, 0) is 31.4 Å². The fourth-order valence-electron chi connectivity index (χ4n) is 3.11. The molecule has 28 heavy (non-hydrogen) atoms. The number of hydrogen-bond donors (Lipinski definition) is 1. The van der Waals surface area contributed by atoms with Gasteiger partial charge in [-0.3, -0.25) is 9.36 Å². The number of rotatable bonds is 8. The van der Waals surface area contributed by atoms with E-state index in [4.69, 9.17) is 4.74 Å². The number of para-hydroxylation sites is 1. The maximum absolute atomic E-state index is 12.2. The summed E-state index contributed by atoms with van der Waals surface area (Å²) in [6, 6.07) is 8.48. The highest BCUT2D eigenvalue weighted by Gasteiger charge is 2.23. The molecule has 1 aliphatic heterocycles. The van der Waals surface area contributed by atoms with Crippen LogP contribution in [0.1, 0.15) is 32.8 Å². The number of nitrogens with zero attached hydrogens (tertiary/aromatic N) is 4. The Bertz CT molecular complexity index is 789. The number of nitrogens with one attached hydrogen (secondary N) is 1. The number of aryl methyl sites for hydroxylation is 1. The van der Waals surface area contributed by atoms with E-state index in [9.17, 15) is 4.79 Å². The molecule has 1 atom stereocenters. The van der Waals surface area contributed by atoms with E-state index in [0.717, 1.165) is 42.7 Å². The quantitative estimate of drug-likeness (QED) is 0.683. The van der Waals surface area contributed by atoms with Gasteiger partial charge >= 0.3 is 0 Å². The van der Waals surface area contributed by atoms with E-state index >= 15 is 0 Å². The lowest BCUT2D eigenvalue weighted by Gasteiger charge is -2.28. The highest BCUT2D eigenvalue weighted by atomic mass is 32.2. The summed E-state index contributed by atoms with van der Waals surface area (Å²) < 4.78 is 7.58. The van der Waals surface area contributed by atoms with Crippen LogP contribution in [0.2, 0.25) is 0 Å². The van der Waals surface area contributed by atoms with E-state index in [-0.39, 0.29) is 11.9 Å². The van der Waals surface area contributed by atoms with E-state index in [1.54, 1.807) is 0 Å². The lowest BCUT2D eigenvalue weighted by Crippen LogP contribution is -2.38. The maximum Gasteiger partial charge on any atom is 0.232 e. The van der Waals surface area contributed by atoms with Crippen LogP contribution in [0, 0.1) is 0 Å². The second-order valence-electron chi connectivity index (χ2n) is 6.87. The molecule has 1 N–H and O–H groups in total. The van der Waals surface area contributed by atoms with Crippen molar-refractivity contribution >= 4 is 23.6 Å². The van der Waals surface area contributed by atoms with Crippen LogP contribution in [0.5, 0.6) is 0 Å². The lowest BCUT2D eigenvalue weighted by molar-refractivity contribution is -0.119. The first-order valence-electron chi connectivity index (χ1n) is 9.92. The van der Waals surface area contributed by atoms with Crippen LogP contribution in [0.15, 0.2) is 29.4 Å². The molecule has 1 aliphatic rings. The van der Waals surface area contributed by atoms with Crippen molar-refractivity contribution in [2.24, 2.45) is 0 Å². The number of carbonyl (C=O) groups excluding carboxylic acids is 1. The number of anilines is 1. The van der Waals surface area contributed by atoms with Crippen LogP contribution in [0.3, 0.4) is 0 Å². The average molecular weight is 404 g/mol. The maximum atomic E-state index is 12.2. The Morgan fingerprint density at radius 3 is 2.71 bits per heavy atom. The molecule has 0 spiro atoms. The molecule has 0 aliphatic carbocycles. The van der Waals surface area contributed by atoms with E-state index < -0.39 is 0 Å². The van der Waals surface area contributed by atoms with Gasteiger partial charge in [-0.25, -0.2) is 0 Å². The number of amides is 1. The van der Waals surface area contributed by atoms with Crippen LogP contribution in [0.4, 0.5) is 5.95 Å². The normalized spacial score (nSPS) is 15.5. The molecule has 0 unspecified atom stereocenters. The van der Waals surface area contributed by atoms with Crippen molar-refractivity contribution in [2.45, 2.75) is 44.8 Å². The minimum atomic E-state index is 0.0191. The third-order valence-electron chi connectivity index (χ3n) is 4.88. The molecule has 2 heterocycles. The van der Waals surface area contributed by atoms with Crippen molar-refractivity contribution in [2.75, 3.05) is 37.0 Å². The standard InChI is InChI=1S/C20H29N5O2S/c1-4-15(3)21-18(26)14-28-20-23-22-19(24-10-12-27-13-11-24)25(20)17-9-7-6-8-16(17)5-2/h6-9,15H,4-5,10-14H2,1-3H3,(H,21,26)/t15-/m1/s1. The molecule has 1 aromatic carbocycles. The minimum Gasteiger partial charge on any atom is -0.378 e. The highest BCUT2D eigenvalue weighted by molar-refractivity contribution is 7.99. The van der Waals surface area contributed by atoms with Crippen LogP contribution >= 0.6 is 11.8 Å². The Morgan fingerprint density at radius 1 is 1.25 bits per heavy atom.